The molecule has 0 bridgehead atoms. The first-order chi connectivity index (χ1) is 26.2. The molecule has 0 aliphatic carbocycles. The predicted molar refractivity (Wildman–Crippen MR) is 218 cm³/mol. The molecule has 250 valence electrons. The SMILES string of the molecule is c1ccc(-c2cccc(-c3ccc(N(c4ccccc4)c4ccc(-c5ccc6c(c5)oc5cc7oc(-c8ccccc8)nc7cc56)cc4)cc3)c2)cc1. The Morgan fingerprint density at radius 1 is 0.321 bits per heavy atom. The van der Waals surface area contributed by atoms with Crippen LogP contribution in [0.15, 0.2) is 203 Å². The Hall–Kier alpha value is -7.17. The van der Waals surface area contributed by atoms with Crippen molar-refractivity contribution in [3.63, 3.8) is 0 Å². The molecule has 10 rings (SSSR count). The first-order valence-corrected chi connectivity index (χ1v) is 17.8. The van der Waals surface area contributed by atoms with E-state index in [9.17, 15) is 0 Å². The van der Waals surface area contributed by atoms with E-state index in [1.807, 2.05) is 36.4 Å². The van der Waals surface area contributed by atoms with Gasteiger partial charge in [-0.05, 0) is 106 Å². The van der Waals surface area contributed by atoms with Gasteiger partial charge in [0, 0.05) is 39.5 Å². The fourth-order valence-electron chi connectivity index (χ4n) is 7.22. The van der Waals surface area contributed by atoms with Crippen molar-refractivity contribution in [2.75, 3.05) is 4.90 Å². The molecule has 0 N–H and O–H groups in total. The highest BCUT2D eigenvalue weighted by Crippen LogP contribution is 2.39. The molecular formula is C49H32N2O2. The van der Waals surface area contributed by atoms with Crippen LogP contribution in [-0.4, -0.2) is 4.98 Å². The molecule has 0 radical (unpaired) electrons. The van der Waals surface area contributed by atoms with Gasteiger partial charge in [0.15, 0.2) is 5.58 Å². The van der Waals surface area contributed by atoms with E-state index in [1.54, 1.807) is 0 Å². The molecule has 2 heterocycles. The van der Waals surface area contributed by atoms with E-state index in [4.69, 9.17) is 13.8 Å². The minimum absolute atomic E-state index is 0.607. The highest BCUT2D eigenvalue weighted by atomic mass is 16.4. The summed E-state index contributed by atoms with van der Waals surface area (Å²) in [4.78, 5) is 7.07. The molecule has 0 amide bonds. The Morgan fingerprint density at radius 3 is 1.45 bits per heavy atom. The van der Waals surface area contributed by atoms with Gasteiger partial charge in [0.2, 0.25) is 5.89 Å². The third-order valence-electron chi connectivity index (χ3n) is 9.90. The molecular weight excluding hydrogens is 649 g/mol. The monoisotopic (exact) mass is 680 g/mol. The van der Waals surface area contributed by atoms with Gasteiger partial charge in [-0.1, -0.05) is 115 Å². The Morgan fingerprint density at radius 2 is 0.811 bits per heavy atom. The third kappa shape index (κ3) is 5.73. The van der Waals surface area contributed by atoms with Gasteiger partial charge < -0.3 is 13.7 Å². The minimum Gasteiger partial charge on any atom is -0.456 e. The van der Waals surface area contributed by atoms with Gasteiger partial charge in [-0.15, -0.1) is 0 Å². The van der Waals surface area contributed by atoms with Gasteiger partial charge in [-0.3, -0.25) is 0 Å². The summed E-state index contributed by atoms with van der Waals surface area (Å²) in [6.45, 7) is 0. The van der Waals surface area contributed by atoms with E-state index in [1.165, 1.54) is 22.3 Å². The lowest BCUT2D eigenvalue weighted by Crippen LogP contribution is -2.09. The number of hydrogen-bond acceptors (Lipinski definition) is 4. The second-order valence-corrected chi connectivity index (χ2v) is 13.2. The summed E-state index contributed by atoms with van der Waals surface area (Å²) >= 11 is 0. The van der Waals surface area contributed by atoms with E-state index < -0.39 is 0 Å². The van der Waals surface area contributed by atoms with Gasteiger partial charge in [-0.2, -0.15) is 0 Å². The number of oxazole rings is 1. The lowest BCUT2D eigenvalue weighted by Gasteiger charge is -2.26. The zero-order valence-corrected chi connectivity index (χ0v) is 28.7. The lowest BCUT2D eigenvalue weighted by molar-refractivity contribution is 0.617. The Bertz CT molecular complexity index is 2860. The van der Waals surface area contributed by atoms with Crippen molar-refractivity contribution in [1.29, 1.82) is 0 Å². The summed E-state index contributed by atoms with van der Waals surface area (Å²) in [6.07, 6.45) is 0. The number of anilines is 3. The van der Waals surface area contributed by atoms with Crippen molar-refractivity contribution in [3.05, 3.63) is 194 Å². The van der Waals surface area contributed by atoms with Crippen LogP contribution in [-0.2, 0) is 0 Å². The summed E-state index contributed by atoms with van der Waals surface area (Å²) in [5.41, 5.74) is 14.3. The van der Waals surface area contributed by atoms with E-state index in [-0.39, 0.29) is 0 Å². The highest BCUT2D eigenvalue weighted by molar-refractivity contribution is 6.09. The zero-order valence-electron chi connectivity index (χ0n) is 28.7. The van der Waals surface area contributed by atoms with Crippen molar-refractivity contribution in [2.24, 2.45) is 0 Å². The first kappa shape index (κ1) is 30.6. The molecule has 0 saturated carbocycles. The van der Waals surface area contributed by atoms with Crippen LogP contribution in [0.1, 0.15) is 0 Å². The molecule has 10 aromatic rings. The van der Waals surface area contributed by atoms with E-state index in [0.29, 0.717) is 11.5 Å². The Balaban J connectivity index is 0.952. The molecule has 4 heteroatoms. The van der Waals surface area contributed by atoms with Gasteiger partial charge in [0.1, 0.15) is 16.7 Å². The van der Waals surface area contributed by atoms with Crippen molar-refractivity contribution >= 4 is 50.1 Å². The fraction of sp³-hybridized carbons (Fsp3) is 0. The molecule has 53 heavy (non-hydrogen) atoms. The lowest BCUT2D eigenvalue weighted by atomic mass is 9.99. The predicted octanol–water partition coefficient (Wildman–Crippen LogP) is 13.9. The van der Waals surface area contributed by atoms with Crippen LogP contribution >= 0.6 is 0 Å². The third-order valence-corrected chi connectivity index (χ3v) is 9.90. The van der Waals surface area contributed by atoms with E-state index >= 15 is 0 Å². The molecule has 8 aromatic carbocycles. The maximum Gasteiger partial charge on any atom is 0.227 e. The number of aromatic nitrogens is 1. The van der Waals surface area contributed by atoms with Crippen LogP contribution in [0.3, 0.4) is 0 Å². The van der Waals surface area contributed by atoms with Crippen LogP contribution in [0.4, 0.5) is 17.1 Å². The van der Waals surface area contributed by atoms with Gasteiger partial charge in [0.05, 0.1) is 0 Å². The second kappa shape index (κ2) is 12.9. The van der Waals surface area contributed by atoms with Crippen LogP contribution in [0.2, 0.25) is 0 Å². The molecule has 0 aliphatic heterocycles. The number of fused-ring (bicyclic) bond motifs is 4. The van der Waals surface area contributed by atoms with E-state index in [0.717, 1.165) is 61.2 Å². The van der Waals surface area contributed by atoms with Gasteiger partial charge >= 0.3 is 0 Å². The molecule has 0 atom stereocenters. The molecule has 2 aromatic heterocycles. The summed E-state index contributed by atoms with van der Waals surface area (Å²) in [5.74, 6) is 0.607. The number of hydrogen-bond donors (Lipinski definition) is 0. The average Bonchev–Trinajstić information content (AvgIpc) is 3.82. The van der Waals surface area contributed by atoms with Crippen LogP contribution < -0.4 is 4.90 Å². The fourth-order valence-corrected chi connectivity index (χ4v) is 7.22. The number of furan rings is 1. The second-order valence-electron chi connectivity index (χ2n) is 13.2. The summed E-state index contributed by atoms with van der Waals surface area (Å²) in [7, 11) is 0. The minimum atomic E-state index is 0.607. The topological polar surface area (TPSA) is 42.4 Å². The standard InChI is InChI=1S/C49H32N2O2/c1-4-11-33(12-5-1)37-15-10-16-38(29-37)34-19-24-41(25-20-34)51(40-17-8-3-9-18-40)42-26-21-35(22-27-42)39-23-28-43-44-31-45-48(32-47(44)52-46(43)30-39)53-49(50-45)36-13-6-2-7-14-36/h1-32H. The van der Waals surface area contributed by atoms with E-state index in [2.05, 4.69) is 163 Å². The molecule has 0 aliphatic rings. The Kier molecular flexibility index (Phi) is 7.43. The average molecular weight is 681 g/mol. The van der Waals surface area contributed by atoms with Gasteiger partial charge in [0.25, 0.3) is 0 Å². The quantitative estimate of drug-likeness (QED) is 0.168. The molecule has 0 fully saturated rings. The zero-order chi connectivity index (χ0) is 35.1. The maximum absolute atomic E-state index is 6.39. The highest BCUT2D eigenvalue weighted by Gasteiger charge is 2.16. The van der Waals surface area contributed by atoms with Crippen LogP contribution in [0.5, 0.6) is 0 Å². The molecule has 0 unspecified atom stereocenters. The van der Waals surface area contributed by atoms with Crippen molar-refractivity contribution < 1.29 is 8.83 Å². The van der Waals surface area contributed by atoms with Crippen molar-refractivity contribution in [1.82, 2.24) is 4.98 Å². The Labute approximate surface area is 306 Å². The number of benzene rings is 8. The number of para-hydroxylation sites is 1. The maximum atomic E-state index is 6.39. The largest absolute Gasteiger partial charge is 0.456 e. The van der Waals surface area contributed by atoms with Crippen LogP contribution in [0.25, 0.3) is 77.9 Å². The van der Waals surface area contributed by atoms with Crippen molar-refractivity contribution in [3.8, 4) is 44.8 Å². The molecule has 0 spiro atoms. The first-order valence-electron chi connectivity index (χ1n) is 17.8. The normalized spacial score (nSPS) is 11.4. The molecule has 4 nitrogen and oxygen atoms in total. The number of rotatable bonds is 7. The summed E-state index contributed by atoms with van der Waals surface area (Å²) in [5, 5.41) is 2.08. The van der Waals surface area contributed by atoms with Crippen LogP contribution in [0, 0.1) is 0 Å². The smallest absolute Gasteiger partial charge is 0.227 e. The summed E-state index contributed by atoms with van der Waals surface area (Å²) < 4.78 is 12.5. The molecule has 0 saturated heterocycles. The van der Waals surface area contributed by atoms with Crippen molar-refractivity contribution in [2.45, 2.75) is 0 Å². The van der Waals surface area contributed by atoms with Gasteiger partial charge in [-0.25, -0.2) is 4.98 Å². The summed E-state index contributed by atoms with van der Waals surface area (Å²) in [6, 6.07) is 67.7. The number of nitrogens with zero attached hydrogens (tertiary/aromatic N) is 2.